The molecule has 1 unspecified atom stereocenters. The van der Waals surface area contributed by atoms with E-state index < -0.39 is 0 Å². The summed E-state index contributed by atoms with van der Waals surface area (Å²) >= 11 is 3.71. The number of likely N-dealkylation sites (tertiary alicyclic amines) is 1. The predicted octanol–water partition coefficient (Wildman–Crippen LogP) is 2.99. The van der Waals surface area contributed by atoms with Crippen LogP contribution in [0.2, 0.25) is 0 Å². The molecule has 1 aliphatic carbocycles. The van der Waals surface area contributed by atoms with E-state index in [9.17, 15) is 0 Å². The van der Waals surface area contributed by atoms with Crippen molar-refractivity contribution in [2.45, 2.75) is 31.6 Å². The van der Waals surface area contributed by atoms with Gasteiger partial charge in [0.2, 0.25) is 0 Å². The number of nitrogens with one attached hydrogen (secondary N) is 2. The summed E-state index contributed by atoms with van der Waals surface area (Å²) in [5.41, 5.74) is 1.69. The highest BCUT2D eigenvalue weighted by atomic mass is 79.9. The van der Waals surface area contributed by atoms with Gasteiger partial charge in [0.25, 0.3) is 0 Å². The van der Waals surface area contributed by atoms with Crippen molar-refractivity contribution in [3.63, 3.8) is 0 Å². The SMILES string of the molecule is CCN1CCC(CNC(=NC)NCC2(c3ccccc3Br)CC2)C1. The largest absolute Gasteiger partial charge is 0.356 e. The third-order valence-electron chi connectivity index (χ3n) is 5.49. The smallest absolute Gasteiger partial charge is 0.191 e. The lowest BCUT2D eigenvalue weighted by Gasteiger charge is -2.21. The van der Waals surface area contributed by atoms with Crippen molar-refractivity contribution in [2.75, 3.05) is 39.8 Å². The van der Waals surface area contributed by atoms with Crippen LogP contribution >= 0.6 is 15.9 Å². The zero-order chi connectivity index (χ0) is 17.0. The molecular formula is C19H29BrN4. The zero-order valence-corrected chi connectivity index (χ0v) is 16.4. The van der Waals surface area contributed by atoms with Gasteiger partial charge < -0.3 is 15.5 Å². The second-order valence-corrected chi connectivity index (χ2v) is 7.97. The number of benzene rings is 1. The summed E-state index contributed by atoms with van der Waals surface area (Å²) < 4.78 is 1.22. The summed E-state index contributed by atoms with van der Waals surface area (Å²) in [4.78, 5) is 6.93. The van der Waals surface area contributed by atoms with Gasteiger partial charge in [-0.15, -0.1) is 0 Å². The number of hydrogen-bond acceptors (Lipinski definition) is 2. The first-order chi connectivity index (χ1) is 11.7. The van der Waals surface area contributed by atoms with E-state index in [0.717, 1.165) is 31.5 Å². The highest BCUT2D eigenvalue weighted by Crippen LogP contribution is 2.49. The van der Waals surface area contributed by atoms with E-state index >= 15 is 0 Å². The Balaban J connectivity index is 1.49. The molecule has 1 aromatic carbocycles. The molecule has 1 saturated carbocycles. The van der Waals surface area contributed by atoms with E-state index in [1.165, 1.54) is 42.4 Å². The molecule has 1 aliphatic heterocycles. The molecule has 0 spiro atoms. The Kier molecular flexibility index (Phi) is 5.82. The average Bonchev–Trinajstić information content (AvgIpc) is 3.24. The van der Waals surface area contributed by atoms with E-state index in [1.54, 1.807) is 0 Å². The number of rotatable bonds is 6. The monoisotopic (exact) mass is 392 g/mol. The van der Waals surface area contributed by atoms with E-state index in [-0.39, 0.29) is 5.41 Å². The lowest BCUT2D eigenvalue weighted by molar-refractivity contribution is 0.341. The van der Waals surface area contributed by atoms with Crippen molar-refractivity contribution < 1.29 is 0 Å². The van der Waals surface area contributed by atoms with Gasteiger partial charge in [0.05, 0.1) is 0 Å². The van der Waals surface area contributed by atoms with Crippen LogP contribution in [0.3, 0.4) is 0 Å². The molecule has 132 valence electrons. The van der Waals surface area contributed by atoms with Gasteiger partial charge in [-0.1, -0.05) is 41.1 Å². The third kappa shape index (κ3) is 4.12. The lowest BCUT2D eigenvalue weighted by Crippen LogP contribution is -2.43. The number of guanidine groups is 1. The van der Waals surface area contributed by atoms with E-state index in [2.05, 4.69) is 67.6 Å². The van der Waals surface area contributed by atoms with E-state index in [4.69, 9.17) is 0 Å². The van der Waals surface area contributed by atoms with Gasteiger partial charge in [0.15, 0.2) is 5.96 Å². The van der Waals surface area contributed by atoms with Crippen LogP contribution in [-0.2, 0) is 5.41 Å². The van der Waals surface area contributed by atoms with Crippen LogP contribution in [0, 0.1) is 5.92 Å². The number of nitrogens with zero attached hydrogens (tertiary/aromatic N) is 2. The molecule has 4 nitrogen and oxygen atoms in total. The number of halogens is 1. The van der Waals surface area contributed by atoms with Crippen LogP contribution in [-0.4, -0.2) is 50.6 Å². The van der Waals surface area contributed by atoms with Crippen molar-refractivity contribution in [3.05, 3.63) is 34.3 Å². The Labute approximate surface area is 154 Å². The normalized spacial score (nSPS) is 23.3. The number of hydrogen-bond donors (Lipinski definition) is 2. The highest BCUT2D eigenvalue weighted by Gasteiger charge is 2.45. The van der Waals surface area contributed by atoms with Crippen molar-refractivity contribution in [1.82, 2.24) is 15.5 Å². The molecular weight excluding hydrogens is 364 g/mol. The fourth-order valence-electron chi connectivity index (χ4n) is 3.66. The molecule has 1 atom stereocenters. The van der Waals surface area contributed by atoms with Gasteiger partial charge in [0.1, 0.15) is 0 Å². The van der Waals surface area contributed by atoms with Gasteiger partial charge in [0, 0.05) is 36.6 Å². The molecule has 2 aliphatic rings. The van der Waals surface area contributed by atoms with E-state index in [1.807, 2.05) is 7.05 Å². The predicted molar refractivity (Wildman–Crippen MR) is 105 cm³/mol. The molecule has 5 heteroatoms. The Bertz CT molecular complexity index is 582. The second-order valence-electron chi connectivity index (χ2n) is 7.11. The fourth-order valence-corrected chi connectivity index (χ4v) is 4.37. The minimum absolute atomic E-state index is 0.268. The van der Waals surface area contributed by atoms with Gasteiger partial charge >= 0.3 is 0 Å². The first-order valence-electron chi connectivity index (χ1n) is 9.09. The van der Waals surface area contributed by atoms with Crippen LogP contribution < -0.4 is 10.6 Å². The zero-order valence-electron chi connectivity index (χ0n) is 14.8. The molecule has 24 heavy (non-hydrogen) atoms. The Morgan fingerprint density at radius 1 is 1.33 bits per heavy atom. The van der Waals surface area contributed by atoms with Gasteiger partial charge in [-0.05, 0) is 49.9 Å². The first-order valence-corrected chi connectivity index (χ1v) is 9.88. The summed E-state index contributed by atoms with van der Waals surface area (Å²) in [5.74, 6) is 1.67. The molecule has 1 saturated heterocycles. The standard InChI is InChI=1S/C19H29BrN4/c1-3-24-11-8-15(13-24)12-22-18(21-2)23-14-19(9-10-19)16-6-4-5-7-17(16)20/h4-7,15H,3,8-14H2,1-2H3,(H2,21,22,23). The van der Waals surface area contributed by atoms with Crippen LogP contribution in [0.5, 0.6) is 0 Å². The summed E-state index contributed by atoms with van der Waals surface area (Å²) in [6.45, 7) is 7.81. The highest BCUT2D eigenvalue weighted by molar-refractivity contribution is 9.10. The van der Waals surface area contributed by atoms with Crippen LogP contribution in [0.15, 0.2) is 33.7 Å². The van der Waals surface area contributed by atoms with Gasteiger partial charge in [-0.25, -0.2) is 0 Å². The third-order valence-corrected chi connectivity index (χ3v) is 6.18. The van der Waals surface area contributed by atoms with Crippen LogP contribution in [0.1, 0.15) is 31.7 Å². The summed E-state index contributed by atoms with van der Waals surface area (Å²) in [5, 5.41) is 7.07. The summed E-state index contributed by atoms with van der Waals surface area (Å²) in [6, 6.07) is 8.60. The maximum Gasteiger partial charge on any atom is 0.191 e. The molecule has 0 aromatic heterocycles. The fraction of sp³-hybridized carbons (Fsp3) is 0.632. The maximum atomic E-state index is 4.40. The van der Waals surface area contributed by atoms with Crippen molar-refractivity contribution in [1.29, 1.82) is 0 Å². The molecule has 0 radical (unpaired) electrons. The van der Waals surface area contributed by atoms with E-state index in [0.29, 0.717) is 0 Å². The molecule has 0 bridgehead atoms. The minimum atomic E-state index is 0.268. The van der Waals surface area contributed by atoms with Gasteiger partial charge in [-0.3, -0.25) is 4.99 Å². The Hall–Kier alpha value is -1.07. The topological polar surface area (TPSA) is 39.7 Å². The Morgan fingerprint density at radius 3 is 2.75 bits per heavy atom. The molecule has 2 N–H and O–H groups in total. The maximum absolute atomic E-state index is 4.40. The van der Waals surface area contributed by atoms with Gasteiger partial charge in [-0.2, -0.15) is 0 Å². The molecule has 3 rings (SSSR count). The first kappa shape index (κ1) is 17.7. The van der Waals surface area contributed by atoms with Crippen molar-refractivity contribution in [2.24, 2.45) is 10.9 Å². The lowest BCUT2D eigenvalue weighted by atomic mass is 9.96. The summed E-state index contributed by atoms with van der Waals surface area (Å²) in [6.07, 6.45) is 3.78. The Morgan fingerprint density at radius 2 is 2.12 bits per heavy atom. The molecule has 1 heterocycles. The van der Waals surface area contributed by atoms with Crippen LogP contribution in [0.4, 0.5) is 0 Å². The molecule has 1 aromatic rings. The molecule has 0 amide bonds. The quantitative estimate of drug-likeness (QED) is 0.577. The number of aliphatic imine (C=N–C) groups is 1. The van der Waals surface area contributed by atoms with Crippen LogP contribution in [0.25, 0.3) is 0 Å². The minimum Gasteiger partial charge on any atom is -0.356 e. The van der Waals surface area contributed by atoms with Crippen molar-refractivity contribution in [3.8, 4) is 0 Å². The van der Waals surface area contributed by atoms with Crippen molar-refractivity contribution >= 4 is 21.9 Å². The molecule has 2 fully saturated rings. The average molecular weight is 393 g/mol. The second kappa shape index (κ2) is 7.87. The summed E-state index contributed by atoms with van der Waals surface area (Å²) in [7, 11) is 1.86.